The number of hydrogen-bond donors (Lipinski definition) is 1. The summed E-state index contributed by atoms with van der Waals surface area (Å²) in [6.45, 7) is 3.69. The molecule has 1 amide bonds. The number of anilines is 1. The summed E-state index contributed by atoms with van der Waals surface area (Å²) in [4.78, 5) is 11.2. The average Bonchev–Trinajstić information content (AvgIpc) is 2.49. The number of amides is 1. The smallest absolute Gasteiger partial charge is 0.243 e. The van der Waals surface area contributed by atoms with Crippen molar-refractivity contribution in [1.82, 2.24) is 4.31 Å². The summed E-state index contributed by atoms with van der Waals surface area (Å²) in [5, 5.41) is 2.61. The minimum atomic E-state index is -3.57. The molecule has 0 heterocycles. The number of nitrogens with one attached hydrogen (secondary N) is 1. The lowest BCUT2D eigenvalue weighted by Crippen LogP contribution is -2.26. The first-order valence-electron chi connectivity index (χ1n) is 7.18. The van der Waals surface area contributed by atoms with Crippen LogP contribution in [0.3, 0.4) is 0 Å². The molecule has 1 N–H and O–H groups in total. The second-order valence-electron chi connectivity index (χ2n) is 5.45. The third-order valence-electron chi connectivity index (χ3n) is 3.41. The predicted octanol–water partition coefficient (Wildman–Crippen LogP) is 2.77. The van der Waals surface area contributed by atoms with Crippen molar-refractivity contribution in [2.75, 3.05) is 12.4 Å². The average molecular weight is 332 g/mol. The molecule has 122 valence electrons. The zero-order valence-electron chi connectivity index (χ0n) is 13.4. The van der Waals surface area contributed by atoms with Crippen LogP contribution in [0.5, 0.6) is 0 Å². The van der Waals surface area contributed by atoms with Gasteiger partial charge >= 0.3 is 0 Å². The third-order valence-corrected chi connectivity index (χ3v) is 5.23. The highest BCUT2D eigenvalue weighted by atomic mass is 32.2. The van der Waals surface area contributed by atoms with Gasteiger partial charge in [0.1, 0.15) is 0 Å². The number of nitrogens with zero attached hydrogens (tertiary/aromatic N) is 1. The molecule has 0 aromatic heterocycles. The molecule has 0 aliphatic carbocycles. The highest BCUT2D eigenvalue weighted by Gasteiger charge is 2.20. The topological polar surface area (TPSA) is 66.5 Å². The fourth-order valence-electron chi connectivity index (χ4n) is 2.13. The summed E-state index contributed by atoms with van der Waals surface area (Å²) in [6, 6.07) is 13.9. The van der Waals surface area contributed by atoms with E-state index in [0.29, 0.717) is 12.2 Å². The van der Waals surface area contributed by atoms with Gasteiger partial charge in [-0.05, 0) is 36.8 Å². The maximum absolute atomic E-state index is 12.6. The van der Waals surface area contributed by atoms with E-state index < -0.39 is 10.0 Å². The number of aryl methyl sites for hydroxylation is 1. The van der Waals surface area contributed by atoms with Crippen LogP contribution < -0.4 is 5.32 Å². The van der Waals surface area contributed by atoms with Gasteiger partial charge in [-0.2, -0.15) is 4.31 Å². The van der Waals surface area contributed by atoms with Gasteiger partial charge < -0.3 is 5.32 Å². The molecule has 0 aliphatic heterocycles. The maximum atomic E-state index is 12.6. The molecule has 0 spiro atoms. The van der Waals surface area contributed by atoms with Crippen molar-refractivity contribution in [2.45, 2.75) is 25.3 Å². The van der Waals surface area contributed by atoms with Crippen LogP contribution in [0.15, 0.2) is 53.4 Å². The Morgan fingerprint density at radius 2 is 1.61 bits per heavy atom. The van der Waals surface area contributed by atoms with Gasteiger partial charge in [-0.25, -0.2) is 8.42 Å². The van der Waals surface area contributed by atoms with Crippen LogP contribution in [0.4, 0.5) is 5.69 Å². The van der Waals surface area contributed by atoms with Crippen LogP contribution in [-0.4, -0.2) is 25.7 Å². The van der Waals surface area contributed by atoms with Crippen molar-refractivity contribution in [3.05, 3.63) is 59.7 Å². The first kappa shape index (κ1) is 17.2. The minimum Gasteiger partial charge on any atom is -0.326 e. The van der Waals surface area contributed by atoms with E-state index in [1.165, 1.54) is 23.4 Å². The van der Waals surface area contributed by atoms with Crippen molar-refractivity contribution in [2.24, 2.45) is 0 Å². The molecule has 0 radical (unpaired) electrons. The van der Waals surface area contributed by atoms with Gasteiger partial charge in [0.25, 0.3) is 0 Å². The largest absolute Gasteiger partial charge is 0.326 e. The van der Waals surface area contributed by atoms with E-state index in [1.807, 2.05) is 31.2 Å². The van der Waals surface area contributed by atoms with E-state index in [2.05, 4.69) is 5.32 Å². The van der Waals surface area contributed by atoms with Gasteiger partial charge in [-0.15, -0.1) is 0 Å². The number of sulfonamides is 1. The standard InChI is InChI=1S/C17H20N2O3S/c1-13-4-6-15(7-5-13)12-19(3)23(21,22)17-10-8-16(9-11-17)18-14(2)20/h4-11H,12H2,1-3H3,(H,18,20). The second-order valence-corrected chi connectivity index (χ2v) is 7.50. The fraction of sp³-hybridized carbons (Fsp3) is 0.235. The Kier molecular flexibility index (Phi) is 5.18. The quantitative estimate of drug-likeness (QED) is 0.915. The summed E-state index contributed by atoms with van der Waals surface area (Å²) in [6.07, 6.45) is 0. The summed E-state index contributed by atoms with van der Waals surface area (Å²) in [7, 11) is -2.02. The Morgan fingerprint density at radius 3 is 2.13 bits per heavy atom. The number of carbonyl (C=O) groups is 1. The Hall–Kier alpha value is -2.18. The van der Waals surface area contributed by atoms with Gasteiger partial charge in [0.2, 0.25) is 15.9 Å². The van der Waals surface area contributed by atoms with E-state index in [4.69, 9.17) is 0 Å². The van der Waals surface area contributed by atoms with Crippen molar-refractivity contribution in [3.63, 3.8) is 0 Å². The van der Waals surface area contributed by atoms with Crippen molar-refractivity contribution in [1.29, 1.82) is 0 Å². The number of carbonyl (C=O) groups excluding carboxylic acids is 1. The van der Waals surface area contributed by atoms with Crippen LogP contribution in [0.25, 0.3) is 0 Å². The highest BCUT2D eigenvalue weighted by molar-refractivity contribution is 7.89. The van der Waals surface area contributed by atoms with Gasteiger partial charge in [0.05, 0.1) is 4.90 Å². The fourth-order valence-corrected chi connectivity index (χ4v) is 3.29. The highest BCUT2D eigenvalue weighted by Crippen LogP contribution is 2.19. The number of hydrogen-bond acceptors (Lipinski definition) is 3. The number of rotatable bonds is 5. The van der Waals surface area contributed by atoms with Crippen LogP contribution in [0.1, 0.15) is 18.1 Å². The Labute approximate surface area is 137 Å². The SMILES string of the molecule is CC(=O)Nc1ccc(S(=O)(=O)N(C)Cc2ccc(C)cc2)cc1. The predicted molar refractivity (Wildman–Crippen MR) is 90.6 cm³/mol. The normalized spacial score (nSPS) is 11.5. The summed E-state index contributed by atoms with van der Waals surface area (Å²) < 4.78 is 26.5. The minimum absolute atomic E-state index is 0.196. The second kappa shape index (κ2) is 6.93. The lowest BCUT2D eigenvalue weighted by molar-refractivity contribution is -0.114. The van der Waals surface area contributed by atoms with Crippen LogP contribution in [0.2, 0.25) is 0 Å². The van der Waals surface area contributed by atoms with Gasteiger partial charge in [0, 0.05) is 26.2 Å². The summed E-state index contributed by atoms with van der Waals surface area (Å²) in [5.41, 5.74) is 2.63. The zero-order chi connectivity index (χ0) is 17.0. The van der Waals surface area contributed by atoms with Crippen LogP contribution in [0, 0.1) is 6.92 Å². The molecular weight excluding hydrogens is 312 g/mol. The maximum Gasteiger partial charge on any atom is 0.243 e. The van der Waals surface area contributed by atoms with Crippen LogP contribution >= 0.6 is 0 Å². The van der Waals surface area contributed by atoms with Crippen molar-refractivity contribution >= 4 is 21.6 Å². The van der Waals surface area contributed by atoms with Crippen LogP contribution in [-0.2, 0) is 21.4 Å². The molecule has 0 fully saturated rings. The van der Waals surface area contributed by atoms with E-state index in [0.717, 1.165) is 11.1 Å². The first-order valence-corrected chi connectivity index (χ1v) is 8.62. The molecule has 0 unspecified atom stereocenters. The van der Waals surface area contributed by atoms with Crippen molar-refractivity contribution < 1.29 is 13.2 Å². The monoisotopic (exact) mass is 332 g/mol. The van der Waals surface area contributed by atoms with Gasteiger partial charge in [-0.3, -0.25) is 4.79 Å². The molecule has 0 atom stereocenters. The third kappa shape index (κ3) is 4.40. The van der Waals surface area contributed by atoms with Gasteiger partial charge in [0.15, 0.2) is 0 Å². The van der Waals surface area contributed by atoms with E-state index in [9.17, 15) is 13.2 Å². The van der Waals surface area contributed by atoms with Gasteiger partial charge in [-0.1, -0.05) is 29.8 Å². The molecule has 0 bridgehead atoms. The molecule has 2 rings (SSSR count). The molecule has 0 saturated heterocycles. The Bertz CT molecular complexity index is 782. The number of benzene rings is 2. The van der Waals surface area contributed by atoms with Crippen molar-refractivity contribution in [3.8, 4) is 0 Å². The summed E-state index contributed by atoms with van der Waals surface area (Å²) >= 11 is 0. The molecule has 0 aliphatic rings. The molecule has 0 saturated carbocycles. The zero-order valence-corrected chi connectivity index (χ0v) is 14.2. The molecule has 6 heteroatoms. The Morgan fingerprint density at radius 1 is 1.04 bits per heavy atom. The molecular formula is C17H20N2O3S. The molecule has 2 aromatic carbocycles. The molecule has 5 nitrogen and oxygen atoms in total. The molecule has 23 heavy (non-hydrogen) atoms. The van der Waals surface area contributed by atoms with E-state index in [-0.39, 0.29) is 10.8 Å². The first-order chi connectivity index (χ1) is 10.8. The summed E-state index contributed by atoms with van der Waals surface area (Å²) in [5.74, 6) is -0.197. The lowest BCUT2D eigenvalue weighted by Gasteiger charge is -2.17. The lowest BCUT2D eigenvalue weighted by atomic mass is 10.1. The molecule has 2 aromatic rings. The van der Waals surface area contributed by atoms with E-state index >= 15 is 0 Å². The van der Waals surface area contributed by atoms with E-state index in [1.54, 1.807) is 19.2 Å². The Balaban J connectivity index is 2.16.